The number of nitrogens with one attached hydrogen (secondary N) is 2. The van der Waals surface area contributed by atoms with Gasteiger partial charge in [0.25, 0.3) is 0 Å². The van der Waals surface area contributed by atoms with Gasteiger partial charge in [-0.15, -0.1) is 0 Å². The molecule has 4 N–H and O–H groups in total. The second-order valence-corrected chi connectivity index (χ2v) is 3.56. The zero-order chi connectivity index (χ0) is 13.7. The summed E-state index contributed by atoms with van der Waals surface area (Å²) in [6.07, 6.45) is 1.36. The summed E-state index contributed by atoms with van der Waals surface area (Å²) < 4.78 is 5.20. The number of nitrogen functional groups attached to an aromatic ring is 1. The number of nitriles is 1. The molecule has 1 heterocycles. The third kappa shape index (κ3) is 2.70. The van der Waals surface area contributed by atoms with E-state index in [0.717, 1.165) is 5.69 Å². The molecule has 2 aromatic rings. The van der Waals surface area contributed by atoms with Crippen LogP contribution in [0.15, 0.2) is 30.6 Å². The summed E-state index contributed by atoms with van der Waals surface area (Å²) in [6.45, 7) is 0. The number of benzene rings is 1. The molecule has 0 spiro atoms. The molecule has 19 heavy (non-hydrogen) atoms. The fourth-order valence-electron chi connectivity index (χ4n) is 1.52. The van der Waals surface area contributed by atoms with Crippen molar-refractivity contribution in [3.05, 3.63) is 36.2 Å². The first-order valence-corrected chi connectivity index (χ1v) is 5.41. The lowest BCUT2D eigenvalue weighted by Gasteiger charge is -2.12. The minimum absolute atomic E-state index is 0.383. The van der Waals surface area contributed by atoms with Crippen LogP contribution in [0.25, 0.3) is 0 Å². The molecule has 0 fully saturated rings. The molecule has 0 aliphatic carbocycles. The monoisotopic (exact) mass is 256 g/mol. The van der Waals surface area contributed by atoms with E-state index >= 15 is 0 Å². The molecule has 0 saturated heterocycles. The molecule has 0 bridgehead atoms. The van der Waals surface area contributed by atoms with Gasteiger partial charge in [0, 0.05) is 5.69 Å². The normalized spacial score (nSPS) is 9.53. The second kappa shape index (κ2) is 5.66. The van der Waals surface area contributed by atoms with Crippen LogP contribution >= 0.6 is 0 Å². The highest BCUT2D eigenvalue weighted by Gasteiger charge is 2.11. The zero-order valence-electron chi connectivity index (χ0n) is 10.2. The third-order valence-electron chi connectivity index (χ3n) is 2.42. The van der Waals surface area contributed by atoms with Crippen molar-refractivity contribution in [3.63, 3.8) is 0 Å². The first kappa shape index (κ1) is 12.6. The fourth-order valence-corrected chi connectivity index (χ4v) is 1.52. The Hall–Kier alpha value is -2.85. The number of anilines is 3. The van der Waals surface area contributed by atoms with Crippen molar-refractivity contribution in [1.29, 1.82) is 5.26 Å². The van der Waals surface area contributed by atoms with Gasteiger partial charge in [-0.05, 0) is 24.3 Å². The van der Waals surface area contributed by atoms with E-state index in [1.54, 1.807) is 24.3 Å². The quantitative estimate of drug-likeness (QED) is 0.560. The maximum atomic E-state index is 8.74. The van der Waals surface area contributed by atoms with E-state index in [4.69, 9.17) is 15.8 Å². The molecule has 1 aromatic carbocycles. The van der Waals surface area contributed by atoms with E-state index in [9.17, 15) is 0 Å². The molecule has 0 atom stereocenters. The second-order valence-electron chi connectivity index (χ2n) is 3.56. The van der Waals surface area contributed by atoms with Crippen molar-refractivity contribution in [2.24, 2.45) is 5.84 Å². The number of rotatable bonds is 4. The van der Waals surface area contributed by atoms with Gasteiger partial charge in [0.1, 0.15) is 6.33 Å². The third-order valence-corrected chi connectivity index (χ3v) is 2.42. The van der Waals surface area contributed by atoms with Gasteiger partial charge in [0.05, 0.1) is 18.7 Å². The van der Waals surface area contributed by atoms with Crippen molar-refractivity contribution < 1.29 is 4.74 Å². The standard InChI is InChI=1S/C12H12N6O/c1-19-10-11(15-7-16-12(10)18-14)17-9-4-2-8(6-13)3-5-9/h2-5,7H,14H2,1H3,(H2,15,16,17,18). The van der Waals surface area contributed by atoms with Gasteiger partial charge in [-0.25, -0.2) is 15.8 Å². The van der Waals surface area contributed by atoms with Crippen LogP contribution in [-0.4, -0.2) is 17.1 Å². The molecule has 0 radical (unpaired) electrons. The molecule has 0 unspecified atom stereocenters. The molecule has 0 saturated carbocycles. The predicted octanol–water partition coefficient (Wildman–Crippen LogP) is 1.39. The summed E-state index contributed by atoms with van der Waals surface area (Å²) in [5, 5.41) is 11.8. The van der Waals surface area contributed by atoms with Crippen molar-refractivity contribution in [3.8, 4) is 11.8 Å². The van der Waals surface area contributed by atoms with Crippen LogP contribution in [0.5, 0.6) is 5.75 Å². The number of nitrogens with zero attached hydrogens (tertiary/aromatic N) is 3. The number of hydrogen-bond donors (Lipinski definition) is 3. The number of nitrogens with two attached hydrogens (primary N) is 1. The summed E-state index contributed by atoms with van der Waals surface area (Å²) in [5.41, 5.74) is 3.80. The van der Waals surface area contributed by atoms with Crippen molar-refractivity contribution in [2.75, 3.05) is 17.9 Å². The summed E-state index contributed by atoms with van der Waals surface area (Å²) >= 11 is 0. The minimum atomic E-state index is 0.383. The van der Waals surface area contributed by atoms with Crippen molar-refractivity contribution >= 4 is 17.3 Å². The maximum Gasteiger partial charge on any atom is 0.205 e. The minimum Gasteiger partial charge on any atom is -0.490 e. The van der Waals surface area contributed by atoms with Gasteiger partial charge in [-0.1, -0.05) is 0 Å². The van der Waals surface area contributed by atoms with E-state index in [1.165, 1.54) is 13.4 Å². The van der Waals surface area contributed by atoms with Crippen LogP contribution < -0.4 is 21.3 Å². The molecule has 0 aliphatic rings. The Kier molecular flexibility index (Phi) is 3.75. The maximum absolute atomic E-state index is 8.74. The molecule has 96 valence electrons. The first-order chi connectivity index (χ1) is 9.28. The van der Waals surface area contributed by atoms with E-state index in [1.807, 2.05) is 0 Å². The number of hydrazine groups is 1. The van der Waals surface area contributed by atoms with E-state index in [2.05, 4.69) is 26.8 Å². The van der Waals surface area contributed by atoms with Gasteiger partial charge in [-0.2, -0.15) is 5.26 Å². The highest BCUT2D eigenvalue weighted by molar-refractivity contribution is 5.69. The Labute approximate surface area is 110 Å². The summed E-state index contributed by atoms with van der Waals surface area (Å²) in [6, 6.07) is 9.01. The Morgan fingerprint density at radius 2 is 1.89 bits per heavy atom. The fraction of sp³-hybridized carbons (Fsp3) is 0.0833. The Bertz CT molecular complexity index is 605. The van der Waals surface area contributed by atoms with Crippen LogP contribution in [0, 0.1) is 11.3 Å². The SMILES string of the molecule is COc1c(NN)ncnc1Nc1ccc(C#N)cc1. The summed E-state index contributed by atoms with van der Waals surface area (Å²) in [4.78, 5) is 8.03. The van der Waals surface area contributed by atoms with Gasteiger partial charge in [-0.3, -0.25) is 0 Å². The van der Waals surface area contributed by atoms with E-state index in [-0.39, 0.29) is 0 Å². The average Bonchev–Trinajstić information content (AvgIpc) is 2.47. The van der Waals surface area contributed by atoms with Crippen LogP contribution in [0.3, 0.4) is 0 Å². The Morgan fingerprint density at radius 3 is 2.47 bits per heavy atom. The van der Waals surface area contributed by atoms with Crippen LogP contribution in [-0.2, 0) is 0 Å². The van der Waals surface area contributed by atoms with Gasteiger partial charge < -0.3 is 15.5 Å². The lowest BCUT2D eigenvalue weighted by molar-refractivity contribution is 0.415. The number of aromatic nitrogens is 2. The number of methoxy groups -OCH3 is 1. The topological polar surface area (TPSA) is 109 Å². The molecule has 2 rings (SSSR count). The molecule has 7 heteroatoms. The van der Waals surface area contributed by atoms with Crippen LogP contribution in [0.1, 0.15) is 5.56 Å². The average molecular weight is 256 g/mol. The smallest absolute Gasteiger partial charge is 0.205 e. The molecule has 0 aliphatic heterocycles. The van der Waals surface area contributed by atoms with Crippen molar-refractivity contribution in [1.82, 2.24) is 9.97 Å². The first-order valence-electron chi connectivity index (χ1n) is 5.41. The molecule has 0 amide bonds. The molecular weight excluding hydrogens is 244 g/mol. The largest absolute Gasteiger partial charge is 0.490 e. The molecule has 1 aromatic heterocycles. The summed E-state index contributed by atoms with van der Waals surface area (Å²) in [7, 11) is 1.50. The van der Waals surface area contributed by atoms with Gasteiger partial charge >= 0.3 is 0 Å². The number of ether oxygens (including phenoxy) is 1. The van der Waals surface area contributed by atoms with Crippen molar-refractivity contribution in [2.45, 2.75) is 0 Å². The van der Waals surface area contributed by atoms with E-state index in [0.29, 0.717) is 22.9 Å². The lowest BCUT2D eigenvalue weighted by atomic mass is 10.2. The highest BCUT2D eigenvalue weighted by atomic mass is 16.5. The lowest BCUT2D eigenvalue weighted by Crippen LogP contribution is -2.11. The van der Waals surface area contributed by atoms with Gasteiger partial charge in [0.15, 0.2) is 11.6 Å². The number of hydrogen-bond acceptors (Lipinski definition) is 7. The summed E-state index contributed by atoms with van der Waals surface area (Å²) in [5.74, 6) is 6.62. The predicted molar refractivity (Wildman–Crippen MR) is 70.8 cm³/mol. The molecule has 7 nitrogen and oxygen atoms in total. The van der Waals surface area contributed by atoms with Crippen LogP contribution in [0.4, 0.5) is 17.3 Å². The Balaban J connectivity index is 2.30. The zero-order valence-corrected chi connectivity index (χ0v) is 10.2. The molecular formula is C12H12N6O. The highest BCUT2D eigenvalue weighted by Crippen LogP contribution is 2.30. The Morgan fingerprint density at radius 1 is 1.21 bits per heavy atom. The van der Waals surface area contributed by atoms with E-state index < -0.39 is 0 Å². The van der Waals surface area contributed by atoms with Crippen LogP contribution in [0.2, 0.25) is 0 Å². The van der Waals surface area contributed by atoms with Gasteiger partial charge in [0.2, 0.25) is 5.75 Å².